The van der Waals surface area contributed by atoms with Crippen LogP contribution in [0.2, 0.25) is 0 Å². The number of carbonyl (C=O) groups is 1. The van der Waals surface area contributed by atoms with Crippen LogP contribution in [0.4, 0.5) is 4.39 Å². The first-order chi connectivity index (χ1) is 17.5. The lowest BCUT2D eigenvalue weighted by Gasteiger charge is -2.39. The van der Waals surface area contributed by atoms with Crippen LogP contribution >= 0.6 is 11.3 Å². The van der Waals surface area contributed by atoms with Gasteiger partial charge in [-0.2, -0.15) is 11.3 Å². The first kappa shape index (κ1) is 26.6. The lowest BCUT2D eigenvalue weighted by atomic mass is 9.79. The number of thiophene rings is 1. The summed E-state index contributed by atoms with van der Waals surface area (Å²) in [5.74, 6) is 0.600. The molecule has 194 valence electrons. The van der Waals surface area contributed by atoms with Crippen molar-refractivity contribution >= 4 is 28.2 Å². The van der Waals surface area contributed by atoms with Crippen LogP contribution < -0.4 is 4.74 Å². The fourth-order valence-corrected chi connectivity index (χ4v) is 6.24. The Hall–Kier alpha value is -2.51. The van der Waals surface area contributed by atoms with E-state index in [1.807, 2.05) is 18.2 Å². The molecule has 1 saturated heterocycles. The number of methoxy groups -OCH3 is 1. The standard InChI is InChI=1S/C29H37FN2O3S/c1-35-24-7-9-28-26(18-24)25(11-14-31-28)27(30)8-5-22-12-16-32(19-23(22)6-10-29(33)34)15-3-2-4-21-13-17-36-20-21/h7,9,11,13-14,17-18,20,22-23,27H,2-6,8,10,12,15-16,19H2,1H3,(H,33,34)/t22?,23?,27-/m0/s1. The molecule has 1 aliphatic heterocycles. The maximum Gasteiger partial charge on any atom is 0.303 e. The molecule has 0 aliphatic carbocycles. The predicted molar refractivity (Wildman–Crippen MR) is 144 cm³/mol. The largest absolute Gasteiger partial charge is 0.497 e. The summed E-state index contributed by atoms with van der Waals surface area (Å²) >= 11 is 1.75. The summed E-state index contributed by atoms with van der Waals surface area (Å²) in [6, 6.07) is 9.53. The number of alkyl halides is 1. The molecular weight excluding hydrogens is 475 g/mol. The minimum absolute atomic E-state index is 0.182. The molecule has 0 saturated carbocycles. The summed E-state index contributed by atoms with van der Waals surface area (Å²) in [6.07, 6.45) is 7.08. The maximum absolute atomic E-state index is 15.5. The Morgan fingerprint density at radius 1 is 1.25 bits per heavy atom. The van der Waals surface area contributed by atoms with Gasteiger partial charge in [-0.3, -0.25) is 9.78 Å². The van der Waals surface area contributed by atoms with Crippen LogP contribution in [-0.4, -0.2) is 47.7 Å². The number of aliphatic carboxylic acids is 1. The quantitative estimate of drug-likeness (QED) is 0.252. The molecule has 0 amide bonds. The minimum atomic E-state index is -1.09. The summed E-state index contributed by atoms with van der Waals surface area (Å²) in [7, 11) is 1.61. The van der Waals surface area contributed by atoms with E-state index in [0.717, 1.165) is 56.2 Å². The zero-order chi connectivity index (χ0) is 25.3. The van der Waals surface area contributed by atoms with Crippen molar-refractivity contribution in [3.8, 4) is 5.75 Å². The second-order valence-corrected chi connectivity index (χ2v) is 10.7. The van der Waals surface area contributed by atoms with Gasteiger partial charge in [0.25, 0.3) is 0 Å². The topological polar surface area (TPSA) is 62.7 Å². The SMILES string of the molecule is COc1ccc2nccc([C@@H](F)CCC3CCN(CCCCc4ccsc4)CC3CCC(=O)O)c2c1. The fraction of sp³-hybridized carbons (Fsp3) is 0.517. The Bertz CT molecular complexity index is 1110. The molecular formula is C29H37FN2O3S. The van der Waals surface area contributed by atoms with Crippen molar-refractivity contribution in [2.75, 3.05) is 26.7 Å². The molecule has 0 radical (unpaired) electrons. The number of nitrogens with zero attached hydrogens (tertiary/aromatic N) is 2. The van der Waals surface area contributed by atoms with Crippen molar-refractivity contribution < 1.29 is 19.0 Å². The van der Waals surface area contributed by atoms with Crippen molar-refractivity contribution in [2.24, 2.45) is 11.8 Å². The van der Waals surface area contributed by atoms with Gasteiger partial charge in [-0.05, 0) is 122 Å². The van der Waals surface area contributed by atoms with Gasteiger partial charge in [0.2, 0.25) is 0 Å². The van der Waals surface area contributed by atoms with Crippen molar-refractivity contribution in [2.45, 2.75) is 57.5 Å². The molecule has 1 fully saturated rings. The van der Waals surface area contributed by atoms with E-state index in [4.69, 9.17) is 4.74 Å². The third kappa shape index (κ3) is 7.26. The molecule has 1 aliphatic rings. The van der Waals surface area contributed by atoms with E-state index >= 15 is 4.39 Å². The smallest absolute Gasteiger partial charge is 0.303 e. The highest BCUT2D eigenvalue weighted by Gasteiger charge is 2.30. The monoisotopic (exact) mass is 512 g/mol. The van der Waals surface area contributed by atoms with E-state index in [1.165, 1.54) is 12.0 Å². The number of hydrogen-bond donors (Lipinski definition) is 1. The Balaban J connectivity index is 1.33. The first-order valence-electron chi connectivity index (χ1n) is 13.1. The van der Waals surface area contributed by atoms with E-state index in [1.54, 1.807) is 30.7 Å². The number of rotatable bonds is 13. The van der Waals surface area contributed by atoms with Crippen LogP contribution in [0, 0.1) is 11.8 Å². The van der Waals surface area contributed by atoms with E-state index < -0.39 is 12.1 Å². The van der Waals surface area contributed by atoms with Gasteiger partial charge in [-0.15, -0.1) is 0 Å². The zero-order valence-electron chi connectivity index (χ0n) is 21.1. The summed E-state index contributed by atoms with van der Waals surface area (Å²) in [5, 5.41) is 14.4. The number of halogens is 1. The van der Waals surface area contributed by atoms with E-state index in [-0.39, 0.29) is 6.42 Å². The Labute approximate surface area is 217 Å². The molecule has 3 aromatic rings. The predicted octanol–water partition coefficient (Wildman–Crippen LogP) is 6.92. The molecule has 1 aromatic carbocycles. The average Bonchev–Trinajstić information content (AvgIpc) is 3.42. The third-order valence-corrected chi connectivity index (χ3v) is 8.32. The molecule has 4 rings (SSSR count). The Morgan fingerprint density at radius 3 is 2.92 bits per heavy atom. The molecule has 2 unspecified atom stereocenters. The van der Waals surface area contributed by atoms with Gasteiger partial charge in [-0.1, -0.05) is 0 Å². The summed E-state index contributed by atoms with van der Waals surface area (Å²) in [6.45, 7) is 2.98. The first-order valence-corrected chi connectivity index (χ1v) is 14.0. The second kappa shape index (κ2) is 13.2. The number of fused-ring (bicyclic) bond motifs is 1. The summed E-state index contributed by atoms with van der Waals surface area (Å²) in [5.41, 5.74) is 2.84. The van der Waals surface area contributed by atoms with Gasteiger partial charge in [0.1, 0.15) is 11.9 Å². The molecule has 3 atom stereocenters. The van der Waals surface area contributed by atoms with E-state index in [2.05, 4.69) is 26.7 Å². The fourth-order valence-electron chi connectivity index (χ4n) is 5.54. The molecule has 0 spiro atoms. The molecule has 1 N–H and O–H groups in total. The van der Waals surface area contributed by atoms with Gasteiger partial charge in [0.15, 0.2) is 0 Å². The van der Waals surface area contributed by atoms with E-state index in [0.29, 0.717) is 36.0 Å². The number of pyridine rings is 1. The van der Waals surface area contributed by atoms with Crippen LogP contribution in [-0.2, 0) is 11.2 Å². The van der Waals surface area contributed by atoms with Gasteiger partial charge in [0, 0.05) is 24.5 Å². The Morgan fingerprint density at radius 2 is 2.14 bits per heavy atom. The second-order valence-electron chi connectivity index (χ2n) is 9.96. The van der Waals surface area contributed by atoms with Crippen LogP contribution in [0.3, 0.4) is 0 Å². The number of unbranched alkanes of at least 4 members (excludes halogenated alkanes) is 1. The number of hydrogen-bond acceptors (Lipinski definition) is 5. The molecule has 36 heavy (non-hydrogen) atoms. The maximum atomic E-state index is 15.5. The number of carboxylic acids is 1. The minimum Gasteiger partial charge on any atom is -0.497 e. The highest BCUT2D eigenvalue weighted by Crippen LogP contribution is 2.36. The van der Waals surface area contributed by atoms with Gasteiger partial charge in [0.05, 0.1) is 12.6 Å². The molecule has 0 bridgehead atoms. The van der Waals surface area contributed by atoms with Crippen molar-refractivity contribution in [3.05, 3.63) is 58.4 Å². The third-order valence-electron chi connectivity index (χ3n) is 7.59. The number of carboxylic acid groups (broad SMARTS) is 1. The van der Waals surface area contributed by atoms with Crippen LogP contribution in [0.25, 0.3) is 10.9 Å². The number of aryl methyl sites for hydroxylation is 1. The highest BCUT2D eigenvalue weighted by molar-refractivity contribution is 7.07. The lowest BCUT2D eigenvalue weighted by molar-refractivity contribution is -0.137. The lowest BCUT2D eigenvalue weighted by Crippen LogP contribution is -2.41. The summed E-state index contributed by atoms with van der Waals surface area (Å²) < 4.78 is 20.9. The molecule has 7 heteroatoms. The molecule has 2 aromatic heterocycles. The molecule has 3 heterocycles. The summed E-state index contributed by atoms with van der Waals surface area (Å²) in [4.78, 5) is 18.2. The normalized spacial score (nSPS) is 19.4. The number of likely N-dealkylation sites (tertiary alicyclic amines) is 1. The Kier molecular flexibility index (Phi) is 9.70. The van der Waals surface area contributed by atoms with E-state index in [9.17, 15) is 9.90 Å². The van der Waals surface area contributed by atoms with Crippen LogP contribution in [0.15, 0.2) is 47.3 Å². The number of piperidine rings is 1. The number of ether oxygens (including phenoxy) is 1. The van der Waals surface area contributed by atoms with Crippen molar-refractivity contribution in [1.82, 2.24) is 9.88 Å². The van der Waals surface area contributed by atoms with Crippen LogP contribution in [0.5, 0.6) is 5.75 Å². The van der Waals surface area contributed by atoms with Gasteiger partial charge < -0.3 is 14.7 Å². The van der Waals surface area contributed by atoms with Crippen molar-refractivity contribution in [1.29, 1.82) is 0 Å². The average molecular weight is 513 g/mol. The number of benzene rings is 1. The van der Waals surface area contributed by atoms with Gasteiger partial charge >= 0.3 is 5.97 Å². The zero-order valence-corrected chi connectivity index (χ0v) is 21.9. The highest BCUT2D eigenvalue weighted by atomic mass is 32.1. The molecule has 5 nitrogen and oxygen atoms in total. The number of aromatic nitrogens is 1. The van der Waals surface area contributed by atoms with Gasteiger partial charge in [-0.25, -0.2) is 4.39 Å². The van der Waals surface area contributed by atoms with Crippen LogP contribution in [0.1, 0.15) is 62.2 Å². The van der Waals surface area contributed by atoms with Crippen molar-refractivity contribution in [3.63, 3.8) is 0 Å².